The Bertz CT molecular complexity index is 3220. The minimum Gasteiger partial charge on any atom is -0.507 e. The number of rotatable bonds is 11. The number of non-ortho nitro benzene ring substituents is 1. The Kier molecular flexibility index (Phi) is 15.2. The van der Waals surface area contributed by atoms with Crippen molar-refractivity contribution in [1.82, 2.24) is 0 Å². The van der Waals surface area contributed by atoms with E-state index in [1.165, 1.54) is 0 Å². The molecule has 13 heteroatoms. The number of benzene rings is 7. The first kappa shape index (κ1) is 55.2. The lowest BCUT2D eigenvalue weighted by Gasteiger charge is -2.29. The van der Waals surface area contributed by atoms with E-state index in [-0.39, 0.29) is 55.8 Å². The number of nitro benzene ring substituents is 3. The molecule has 0 aliphatic heterocycles. The standard InChI is InChI=1S/C64H69N3O10/c1-61(2,3)49-27-41-23-43-29-50(62(4,5)6)31-45(57(43)75-37-39-19-15-13-16-20-39)25-47-33-52(64(10,11)12)34-48(59(47)77-60-54(66(71)72)35-53(65(69)70)36-55(60)67(73)74)26-46-32-51(63(7,8)9)30-44(24-42(28-49)56(41)68)58(46)76-38-40-21-17-14-18-22-40/h13-22,27-36,68H,23-26,37-38H2,1-12H3. The molecule has 0 unspecified atom stereocenters. The Morgan fingerprint density at radius 3 is 0.974 bits per heavy atom. The average Bonchev–Trinajstić information content (AvgIpc) is 3.34. The summed E-state index contributed by atoms with van der Waals surface area (Å²) < 4.78 is 20.9. The third-order valence-corrected chi connectivity index (χ3v) is 14.3. The highest BCUT2D eigenvalue weighted by molar-refractivity contribution is 5.68. The average molecular weight is 1040 g/mol. The van der Waals surface area contributed by atoms with Crippen LogP contribution >= 0.6 is 0 Å². The third-order valence-electron chi connectivity index (χ3n) is 14.3. The predicted octanol–water partition coefficient (Wildman–Crippen LogP) is 15.9. The molecule has 7 aromatic carbocycles. The molecule has 0 atom stereocenters. The van der Waals surface area contributed by atoms with Gasteiger partial charge in [-0.15, -0.1) is 0 Å². The summed E-state index contributed by atoms with van der Waals surface area (Å²) in [7, 11) is 0. The molecule has 0 radical (unpaired) electrons. The van der Waals surface area contributed by atoms with E-state index < -0.39 is 53.8 Å². The summed E-state index contributed by atoms with van der Waals surface area (Å²) in [4.78, 5) is 35.5. The van der Waals surface area contributed by atoms with Gasteiger partial charge in [-0.2, -0.15) is 0 Å². The maximum atomic E-state index is 13.0. The second kappa shape index (κ2) is 21.2. The Balaban J connectivity index is 1.54. The van der Waals surface area contributed by atoms with Gasteiger partial charge in [-0.25, -0.2) is 0 Å². The molecule has 0 spiro atoms. The van der Waals surface area contributed by atoms with E-state index in [2.05, 4.69) is 119 Å². The fourth-order valence-electron chi connectivity index (χ4n) is 9.76. The van der Waals surface area contributed by atoms with E-state index in [0.29, 0.717) is 45.9 Å². The van der Waals surface area contributed by atoms with Crippen LogP contribution in [0, 0.1) is 30.3 Å². The van der Waals surface area contributed by atoms with Crippen LogP contribution in [0.1, 0.15) is 161 Å². The summed E-state index contributed by atoms with van der Waals surface area (Å²) >= 11 is 0. The van der Waals surface area contributed by atoms with Crippen LogP contribution in [0.2, 0.25) is 0 Å². The molecular formula is C64H69N3O10. The van der Waals surface area contributed by atoms with Gasteiger partial charge in [-0.3, -0.25) is 30.3 Å². The number of nitrogens with zero attached hydrogens (tertiary/aromatic N) is 3. The van der Waals surface area contributed by atoms with Crippen molar-refractivity contribution in [2.75, 3.05) is 0 Å². The number of fused-ring (bicyclic) bond motifs is 8. The van der Waals surface area contributed by atoms with E-state index in [0.717, 1.165) is 55.6 Å². The van der Waals surface area contributed by atoms with Crippen molar-refractivity contribution in [3.8, 4) is 28.7 Å². The lowest BCUT2D eigenvalue weighted by Crippen LogP contribution is -2.17. The SMILES string of the molecule is CC(C)(C)c1cc2c(O)c(c1)Cc1cc(C(C)(C)C)cc(c1OCc1ccccc1)Cc1cc(C(C)(C)C)cc(c1Oc1c([N+](=O)[O-])cc([N+](=O)[O-])cc1[N+](=O)[O-])Cc1cc(C(C)(C)C)cc(c1OCc1ccccc1)C2. The molecule has 0 heterocycles. The molecule has 8 rings (SSSR count). The molecule has 0 saturated heterocycles. The second-order valence-electron chi connectivity index (χ2n) is 24.5. The fraction of sp³-hybridized carbons (Fsp3) is 0.344. The summed E-state index contributed by atoms with van der Waals surface area (Å²) in [6.45, 7) is 25.9. The normalized spacial score (nSPS) is 12.9. The zero-order valence-corrected chi connectivity index (χ0v) is 46.3. The van der Waals surface area contributed by atoms with Crippen LogP contribution in [0.3, 0.4) is 0 Å². The van der Waals surface area contributed by atoms with E-state index in [9.17, 15) is 35.4 Å². The van der Waals surface area contributed by atoms with Gasteiger partial charge in [0.25, 0.3) is 11.4 Å². The van der Waals surface area contributed by atoms with Crippen molar-refractivity contribution < 1.29 is 34.1 Å². The molecule has 0 fully saturated rings. The molecule has 8 bridgehead atoms. The number of phenols is 1. The van der Waals surface area contributed by atoms with Crippen molar-refractivity contribution in [1.29, 1.82) is 0 Å². The number of hydrogen-bond donors (Lipinski definition) is 1. The summed E-state index contributed by atoms with van der Waals surface area (Å²) in [5, 5.41) is 51.0. The Morgan fingerprint density at radius 2 is 0.688 bits per heavy atom. The minimum atomic E-state index is -0.937. The maximum Gasteiger partial charge on any atom is 0.325 e. The molecule has 13 nitrogen and oxygen atoms in total. The van der Waals surface area contributed by atoms with E-state index in [1.807, 2.05) is 72.8 Å². The Hall–Kier alpha value is -8.06. The van der Waals surface area contributed by atoms with Gasteiger partial charge in [0.2, 0.25) is 0 Å². The molecule has 7 aromatic rings. The van der Waals surface area contributed by atoms with Gasteiger partial charge in [-0.05, 0) is 99.5 Å². The van der Waals surface area contributed by atoms with Crippen LogP contribution in [0.25, 0.3) is 0 Å². The molecule has 77 heavy (non-hydrogen) atoms. The Labute approximate surface area is 451 Å². The van der Waals surface area contributed by atoms with E-state index in [1.54, 1.807) is 0 Å². The van der Waals surface area contributed by atoms with Crippen molar-refractivity contribution in [3.05, 3.63) is 230 Å². The number of ether oxygens (including phenoxy) is 3. The molecule has 1 aliphatic carbocycles. The van der Waals surface area contributed by atoms with Crippen LogP contribution in [-0.2, 0) is 60.6 Å². The number of phenolic OH excluding ortho intramolecular Hbond substituents is 1. The summed E-state index contributed by atoms with van der Waals surface area (Å²) in [5.41, 5.74) is 6.98. The molecule has 1 N–H and O–H groups in total. The first-order chi connectivity index (χ1) is 36.0. The number of nitro groups is 3. The Morgan fingerprint density at radius 1 is 0.403 bits per heavy atom. The van der Waals surface area contributed by atoms with Crippen molar-refractivity contribution in [3.63, 3.8) is 0 Å². The third kappa shape index (κ3) is 12.5. The fourth-order valence-corrected chi connectivity index (χ4v) is 9.76. The van der Waals surface area contributed by atoms with E-state index >= 15 is 0 Å². The molecule has 0 amide bonds. The van der Waals surface area contributed by atoms with Gasteiger partial charge in [-0.1, -0.05) is 192 Å². The zero-order chi connectivity index (χ0) is 55.9. The quantitative estimate of drug-likeness (QED) is 0.0968. The van der Waals surface area contributed by atoms with Crippen LogP contribution in [-0.4, -0.2) is 19.9 Å². The lowest BCUT2D eigenvalue weighted by molar-refractivity contribution is -0.404. The number of hydrogen-bond acceptors (Lipinski definition) is 10. The number of aromatic hydroxyl groups is 1. The highest BCUT2D eigenvalue weighted by Gasteiger charge is 2.36. The molecule has 400 valence electrons. The molecular weight excluding hydrogens is 971 g/mol. The molecule has 1 aliphatic rings. The largest absolute Gasteiger partial charge is 0.507 e. The van der Waals surface area contributed by atoms with Gasteiger partial charge in [0.1, 0.15) is 36.2 Å². The van der Waals surface area contributed by atoms with Crippen LogP contribution in [0.5, 0.6) is 28.7 Å². The first-order valence-corrected chi connectivity index (χ1v) is 26.0. The van der Waals surface area contributed by atoms with Crippen LogP contribution in [0.4, 0.5) is 17.1 Å². The molecule has 0 saturated carbocycles. The van der Waals surface area contributed by atoms with Crippen LogP contribution in [0.15, 0.2) is 121 Å². The summed E-state index contributed by atoms with van der Waals surface area (Å²) in [5.74, 6) is 0.656. The zero-order valence-electron chi connectivity index (χ0n) is 46.3. The maximum absolute atomic E-state index is 13.0. The summed E-state index contributed by atoms with van der Waals surface area (Å²) in [6.07, 6.45) is 0.746. The smallest absolute Gasteiger partial charge is 0.325 e. The van der Waals surface area contributed by atoms with Gasteiger partial charge >= 0.3 is 11.4 Å². The topological polar surface area (TPSA) is 177 Å². The highest BCUT2D eigenvalue weighted by Crippen LogP contribution is 2.49. The highest BCUT2D eigenvalue weighted by atomic mass is 16.6. The van der Waals surface area contributed by atoms with Crippen molar-refractivity contribution in [2.45, 2.75) is 144 Å². The van der Waals surface area contributed by atoms with Crippen molar-refractivity contribution in [2.24, 2.45) is 0 Å². The second-order valence-corrected chi connectivity index (χ2v) is 24.5. The summed E-state index contributed by atoms with van der Waals surface area (Å²) in [6, 6.07) is 37.6. The lowest BCUT2D eigenvalue weighted by atomic mass is 9.79. The van der Waals surface area contributed by atoms with Gasteiger partial charge in [0.15, 0.2) is 0 Å². The van der Waals surface area contributed by atoms with Gasteiger partial charge in [0.05, 0.1) is 26.9 Å². The minimum absolute atomic E-state index is 0.103. The van der Waals surface area contributed by atoms with Gasteiger partial charge < -0.3 is 19.3 Å². The van der Waals surface area contributed by atoms with Crippen LogP contribution < -0.4 is 14.2 Å². The van der Waals surface area contributed by atoms with Gasteiger partial charge in [0, 0.05) is 25.7 Å². The van der Waals surface area contributed by atoms with Crippen molar-refractivity contribution >= 4 is 17.1 Å². The first-order valence-electron chi connectivity index (χ1n) is 26.0. The monoisotopic (exact) mass is 1040 g/mol. The van der Waals surface area contributed by atoms with E-state index in [4.69, 9.17) is 14.2 Å². The predicted molar refractivity (Wildman–Crippen MR) is 301 cm³/mol. The molecule has 0 aromatic heterocycles.